The van der Waals surface area contributed by atoms with E-state index in [-0.39, 0.29) is 17.7 Å². The van der Waals surface area contributed by atoms with Gasteiger partial charge < -0.3 is 19.1 Å². The van der Waals surface area contributed by atoms with E-state index in [1.807, 2.05) is 51.9 Å². The van der Waals surface area contributed by atoms with Gasteiger partial charge >= 0.3 is 0 Å². The number of aromatic nitrogens is 3. The largest absolute Gasteiger partial charge is 0.495 e. The maximum Gasteiger partial charge on any atom is 0.233 e. The molecular formula is C23H24N4O4S. The summed E-state index contributed by atoms with van der Waals surface area (Å²) >= 11 is 1.38. The minimum Gasteiger partial charge on any atom is -0.495 e. The average molecular weight is 453 g/mol. The molecule has 3 aromatic rings. The Morgan fingerprint density at radius 2 is 2.03 bits per heavy atom. The number of fused-ring (bicyclic) bond motifs is 1. The summed E-state index contributed by atoms with van der Waals surface area (Å²) in [4.78, 5) is 15.1. The molecule has 2 aromatic carbocycles. The first-order valence-electron chi connectivity index (χ1n) is 10.6. The molecule has 32 heavy (non-hydrogen) atoms. The number of methoxy groups -OCH3 is 1. The molecule has 166 valence electrons. The van der Waals surface area contributed by atoms with Crippen molar-refractivity contribution < 1.29 is 19.0 Å². The van der Waals surface area contributed by atoms with Crippen LogP contribution in [0.3, 0.4) is 0 Å². The molecule has 5 rings (SSSR count). The Balaban J connectivity index is 1.29. The first-order chi connectivity index (χ1) is 15.7. The van der Waals surface area contributed by atoms with Gasteiger partial charge in [-0.1, -0.05) is 30.0 Å². The van der Waals surface area contributed by atoms with Gasteiger partial charge in [0.15, 0.2) is 16.7 Å². The number of hydrogen-bond donors (Lipinski definition) is 0. The molecule has 0 bridgehead atoms. The van der Waals surface area contributed by atoms with Crippen molar-refractivity contribution in [2.45, 2.75) is 24.0 Å². The molecule has 1 fully saturated rings. The zero-order valence-electron chi connectivity index (χ0n) is 17.8. The van der Waals surface area contributed by atoms with Gasteiger partial charge in [0, 0.05) is 6.54 Å². The van der Waals surface area contributed by atoms with Gasteiger partial charge in [-0.3, -0.25) is 9.36 Å². The second kappa shape index (κ2) is 9.12. The summed E-state index contributed by atoms with van der Waals surface area (Å²) < 4.78 is 18.7. The Bertz CT molecular complexity index is 1120. The van der Waals surface area contributed by atoms with Crippen LogP contribution in [0, 0.1) is 0 Å². The van der Waals surface area contributed by atoms with Crippen LogP contribution in [0.5, 0.6) is 17.2 Å². The van der Waals surface area contributed by atoms with Gasteiger partial charge in [-0.05, 0) is 42.7 Å². The molecule has 0 radical (unpaired) electrons. The lowest BCUT2D eigenvalue weighted by Gasteiger charge is -2.26. The topological polar surface area (TPSA) is 78.7 Å². The zero-order chi connectivity index (χ0) is 21.9. The van der Waals surface area contributed by atoms with E-state index >= 15 is 0 Å². The van der Waals surface area contributed by atoms with E-state index in [0.717, 1.165) is 47.9 Å². The summed E-state index contributed by atoms with van der Waals surface area (Å²) in [5, 5.41) is 8.90. The van der Waals surface area contributed by atoms with Crippen LogP contribution < -0.4 is 14.2 Å². The van der Waals surface area contributed by atoms with E-state index < -0.39 is 0 Å². The Morgan fingerprint density at radius 3 is 2.91 bits per heavy atom. The summed E-state index contributed by atoms with van der Waals surface area (Å²) in [5.74, 6) is 2.62. The summed E-state index contributed by atoms with van der Waals surface area (Å²) in [6.07, 6.45) is 3.55. The molecule has 2 aliphatic heterocycles. The Kier molecular flexibility index (Phi) is 5.89. The fourth-order valence-corrected chi connectivity index (χ4v) is 5.01. The molecule has 1 amide bonds. The predicted octanol–water partition coefficient (Wildman–Crippen LogP) is 3.50. The second-order valence-electron chi connectivity index (χ2n) is 7.59. The van der Waals surface area contributed by atoms with Crippen molar-refractivity contribution in [2.24, 2.45) is 0 Å². The lowest BCUT2D eigenvalue weighted by atomic mass is 10.0. The van der Waals surface area contributed by atoms with Gasteiger partial charge in [0.05, 0.1) is 24.6 Å². The number of rotatable bonds is 6. The first-order valence-corrected chi connectivity index (χ1v) is 11.6. The quantitative estimate of drug-likeness (QED) is 0.530. The molecule has 0 saturated carbocycles. The van der Waals surface area contributed by atoms with E-state index in [4.69, 9.17) is 14.2 Å². The third kappa shape index (κ3) is 4.00. The van der Waals surface area contributed by atoms with Gasteiger partial charge in [0.2, 0.25) is 5.91 Å². The van der Waals surface area contributed by atoms with E-state index in [1.165, 1.54) is 11.8 Å². The Labute approximate surface area is 190 Å². The zero-order valence-corrected chi connectivity index (χ0v) is 18.6. The van der Waals surface area contributed by atoms with Crippen LogP contribution in [-0.2, 0) is 4.79 Å². The number of hydrogen-bond acceptors (Lipinski definition) is 7. The summed E-state index contributed by atoms with van der Waals surface area (Å²) in [6.45, 7) is 1.86. The normalized spacial score (nSPS) is 17.4. The molecule has 9 heteroatoms. The Morgan fingerprint density at radius 1 is 1.19 bits per heavy atom. The molecular weight excluding hydrogens is 428 g/mol. The van der Waals surface area contributed by atoms with Gasteiger partial charge in [-0.2, -0.15) is 0 Å². The molecule has 0 aliphatic carbocycles. The number of para-hydroxylation sites is 2. The van der Waals surface area contributed by atoms with Crippen LogP contribution in [0.15, 0.2) is 53.9 Å². The minimum atomic E-state index is 0.0472. The molecule has 3 heterocycles. The highest BCUT2D eigenvalue weighted by Gasteiger charge is 2.31. The van der Waals surface area contributed by atoms with Crippen molar-refractivity contribution in [3.63, 3.8) is 0 Å². The third-order valence-electron chi connectivity index (χ3n) is 5.71. The summed E-state index contributed by atoms with van der Waals surface area (Å²) in [7, 11) is 1.63. The highest BCUT2D eigenvalue weighted by Crippen LogP contribution is 2.38. The monoisotopic (exact) mass is 452 g/mol. The fraction of sp³-hybridized carbons (Fsp3) is 0.348. The lowest BCUT2D eigenvalue weighted by molar-refractivity contribution is -0.129. The smallest absolute Gasteiger partial charge is 0.233 e. The second-order valence-corrected chi connectivity index (χ2v) is 8.53. The van der Waals surface area contributed by atoms with Crippen molar-refractivity contribution in [2.75, 3.05) is 32.6 Å². The first kappa shape index (κ1) is 20.7. The van der Waals surface area contributed by atoms with Crippen molar-refractivity contribution in [1.82, 2.24) is 19.7 Å². The van der Waals surface area contributed by atoms with Crippen molar-refractivity contribution in [3.05, 3.63) is 54.4 Å². The maximum absolute atomic E-state index is 13.2. The van der Waals surface area contributed by atoms with E-state index in [9.17, 15) is 4.79 Å². The standard InChI is InChI=1S/C23H24N4O4S/c1-29-19-7-3-2-5-18(19)27-15-24-25-23(27)32-14-22(28)26-10-4-6-17(26)16-8-9-20-21(13-16)31-12-11-30-20/h2-3,5,7-9,13,15,17H,4,6,10-12,14H2,1H3/t17-/m1/s1. The molecule has 1 saturated heterocycles. The van der Waals surface area contributed by atoms with Crippen LogP contribution in [0.4, 0.5) is 0 Å². The number of nitrogens with zero attached hydrogens (tertiary/aromatic N) is 4. The summed E-state index contributed by atoms with van der Waals surface area (Å²) in [6, 6.07) is 13.7. The van der Waals surface area contributed by atoms with Crippen LogP contribution in [0.25, 0.3) is 5.69 Å². The van der Waals surface area contributed by atoms with Crippen LogP contribution in [0.1, 0.15) is 24.4 Å². The molecule has 0 N–H and O–H groups in total. The minimum absolute atomic E-state index is 0.0472. The average Bonchev–Trinajstić information content (AvgIpc) is 3.52. The van der Waals surface area contributed by atoms with Gasteiger partial charge in [-0.15, -0.1) is 10.2 Å². The number of benzene rings is 2. The number of amides is 1. The number of likely N-dealkylation sites (tertiary alicyclic amines) is 1. The molecule has 1 aromatic heterocycles. The van der Waals surface area contributed by atoms with Crippen molar-refractivity contribution in [3.8, 4) is 22.9 Å². The Hall–Kier alpha value is -3.20. The maximum atomic E-state index is 13.2. The van der Waals surface area contributed by atoms with Crippen LogP contribution >= 0.6 is 11.8 Å². The lowest BCUT2D eigenvalue weighted by Crippen LogP contribution is -2.32. The molecule has 8 nitrogen and oxygen atoms in total. The number of carbonyl (C=O) groups excluding carboxylic acids is 1. The van der Waals surface area contributed by atoms with Gasteiger partial charge in [0.1, 0.15) is 25.3 Å². The molecule has 2 aliphatic rings. The molecule has 1 atom stereocenters. The van der Waals surface area contributed by atoms with E-state index in [1.54, 1.807) is 13.4 Å². The number of ether oxygens (including phenoxy) is 3. The van der Waals surface area contributed by atoms with Crippen molar-refractivity contribution in [1.29, 1.82) is 0 Å². The van der Waals surface area contributed by atoms with E-state index in [0.29, 0.717) is 18.4 Å². The highest BCUT2D eigenvalue weighted by atomic mass is 32.2. The molecule has 0 spiro atoms. The molecule has 0 unspecified atom stereocenters. The van der Waals surface area contributed by atoms with Crippen LogP contribution in [0.2, 0.25) is 0 Å². The predicted molar refractivity (Wildman–Crippen MR) is 120 cm³/mol. The van der Waals surface area contributed by atoms with E-state index in [2.05, 4.69) is 10.2 Å². The fourth-order valence-electron chi connectivity index (χ4n) is 4.21. The SMILES string of the molecule is COc1ccccc1-n1cnnc1SCC(=O)N1CCC[C@@H]1c1ccc2c(c1)OCCO2. The third-order valence-corrected chi connectivity index (χ3v) is 6.64. The summed E-state index contributed by atoms with van der Waals surface area (Å²) in [5.41, 5.74) is 1.92. The van der Waals surface area contributed by atoms with Crippen LogP contribution in [-0.4, -0.2) is 58.2 Å². The number of thioether (sulfide) groups is 1. The van der Waals surface area contributed by atoms with Crippen molar-refractivity contribution >= 4 is 17.7 Å². The number of carbonyl (C=O) groups is 1. The highest BCUT2D eigenvalue weighted by molar-refractivity contribution is 7.99. The van der Waals surface area contributed by atoms with Gasteiger partial charge in [-0.25, -0.2) is 0 Å². The van der Waals surface area contributed by atoms with Gasteiger partial charge in [0.25, 0.3) is 0 Å².